The number of nitrogens with zero attached hydrogens (tertiary/aromatic N) is 6. The highest BCUT2D eigenvalue weighted by Crippen LogP contribution is 2.42. The van der Waals surface area contributed by atoms with Crippen molar-refractivity contribution in [2.75, 3.05) is 69.8 Å². The van der Waals surface area contributed by atoms with Gasteiger partial charge in [0.15, 0.2) is 10.9 Å². The van der Waals surface area contributed by atoms with Crippen molar-refractivity contribution in [1.29, 1.82) is 0 Å². The second kappa shape index (κ2) is 11.5. The van der Waals surface area contributed by atoms with Gasteiger partial charge in [0.2, 0.25) is 0 Å². The maximum atomic E-state index is 17.4. The smallest absolute Gasteiger partial charge is 0.319 e. The fourth-order valence-corrected chi connectivity index (χ4v) is 9.06. The minimum absolute atomic E-state index is 0.0316. The van der Waals surface area contributed by atoms with Gasteiger partial charge in [-0.15, -0.1) is 0 Å². The molecular formula is C32H35F3N8O4S. The normalized spacial score (nSPS) is 27.6. The molecule has 1 aromatic carbocycles. The number of aromatic nitrogens is 4. The van der Waals surface area contributed by atoms with Gasteiger partial charge in [0.25, 0.3) is 5.56 Å². The van der Waals surface area contributed by atoms with Crippen molar-refractivity contribution >= 4 is 43.4 Å². The van der Waals surface area contributed by atoms with Crippen LogP contribution in [0.25, 0.3) is 32.4 Å². The third-order valence-electron chi connectivity index (χ3n) is 10.6. The number of nitrogens with two attached hydrogens (primary N) is 1. The molecular weight excluding hydrogens is 649 g/mol. The molecule has 4 aromatic rings. The highest BCUT2D eigenvalue weighted by atomic mass is 32.1. The number of anilines is 2. The van der Waals surface area contributed by atoms with Crippen molar-refractivity contribution < 1.29 is 27.4 Å². The van der Waals surface area contributed by atoms with Gasteiger partial charge in [-0.1, -0.05) is 11.3 Å². The van der Waals surface area contributed by atoms with E-state index in [4.69, 9.17) is 24.9 Å². The Bertz CT molecular complexity index is 1970. The summed E-state index contributed by atoms with van der Waals surface area (Å²) in [6.45, 7) is 4.24. The number of nitrogens with one attached hydrogen (secondary N) is 1. The predicted molar refractivity (Wildman–Crippen MR) is 173 cm³/mol. The molecule has 4 atom stereocenters. The standard InChI is InChI=1S/C32H35F3N8O4S/c33-17-6-32(4-1-5-41(32)10-17)15-47-31-39-25-22(28(40-31)43-18-7-37-8-19(43)14-46-13-18)29(44)42(9-16-11-45-12-16)26(23(25)35)20-2-3-21(34)27-24(20)38-30(36)48-27/h2-3,16-19,37H,1,4-15H2,(H2,36,38)/t17-,18?,19?,32+/m1/s1. The van der Waals surface area contributed by atoms with E-state index in [0.717, 1.165) is 30.7 Å². The Labute approximate surface area is 277 Å². The van der Waals surface area contributed by atoms with Crippen molar-refractivity contribution in [3.63, 3.8) is 0 Å². The van der Waals surface area contributed by atoms with Gasteiger partial charge in [0.1, 0.15) is 35.3 Å². The number of nitrogen functional groups attached to an aromatic ring is 1. The van der Waals surface area contributed by atoms with Crippen molar-refractivity contribution in [3.8, 4) is 17.3 Å². The number of piperazine rings is 1. The monoisotopic (exact) mass is 684 g/mol. The van der Waals surface area contributed by atoms with E-state index < -0.39 is 28.9 Å². The lowest BCUT2D eigenvalue weighted by molar-refractivity contribution is -0.0396. The van der Waals surface area contributed by atoms with Gasteiger partial charge in [0, 0.05) is 44.1 Å². The Morgan fingerprint density at radius 1 is 1.08 bits per heavy atom. The molecule has 48 heavy (non-hydrogen) atoms. The van der Waals surface area contributed by atoms with Gasteiger partial charge < -0.3 is 34.7 Å². The molecule has 9 rings (SSSR count). The van der Waals surface area contributed by atoms with Crippen LogP contribution in [0.4, 0.5) is 24.1 Å². The lowest BCUT2D eigenvalue weighted by Gasteiger charge is -2.47. The van der Waals surface area contributed by atoms with Gasteiger partial charge in [-0.05, 0) is 31.5 Å². The van der Waals surface area contributed by atoms with Gasteiger partial charge in [-0.2, -0.15) is 9.97 Å². The zero-order valence-corrected chi connectivity index (χ0v) is 26.9. The zero-order chi connectivity index (χ0) is 32.7. The number of benzene rings is 1. The summed E-state index contributed by atoms with van der Waals surface area (Å²) in [4.78, 5) is 32.7. The first-order chi connectivity index (χ1) is 23.3. The van der Waals surface area contributed by atoms with E-state index in [0.29, 0.717) is 52.5 Å². The highest BCUT2D eigenvalue weighted by molar-refractivity contribution is 7.22. The van der Waals surface area contributed by atoms with Crippen LogP contribution in [0.3, 0.4) is 0 Å². The topological polar surface area (TPSA) is 133 Å². The maximum Gasteiger partial charge on any atom is 0.319 e. The summed E-state index contributed by atoms with van der Waals surface area (Å²) >= 11 is 0.957. The Hall–Kier alpha value is -3.57. The lowest BCUT2D eigenvalue weighted by atomic mass is 9.95. The number of halogens is 3. The van der Waals surface area contributed by atoms with E-state index in [9.17, 15) is 13.6 Å². The molecule has 8 heterocycles. The summed E-state index contributed by atoms with van der Waals surface area (Å²) in [6.07, 6.45) is 1.10. The molecule has 16 heteroatoms. The molecule has 0 amide bonds. The fourth-order valence-electron chi connectivity index (χ4n) is 8.30. The molecule has 3 N–H and O–H groups in total. The Morgan fingerprint density at radius 2 is 1.88 bits per heavy atom. The SMILES string of the molecule is Nc1nc2c(-c3c(F)c4nc(OC[C@@]56CCCN5C[C@H](F)C6)nc(N5C6CNCC5COC6)c4c(=O)n3CC3COC3)ccc(F)c2s1. The maximum absolute atomic E-state index is 17.4. The lowest BCUT2D eigenvalue weighted by Crippen LogP contribution is -2.64. The van der Waals surface area contributed by atoms with Crippen LogP contribution in [0.1, 0.15) is 19.3 Å². The molecule has 2 unspecified atom stereocenters. The van der Waals surface area contributed by atoms with Crippen LogP contribution in [-0.2, 0) is 16.0 Å². The van der Waals surface area contributed by atoms with Crippen LogP contribution in [0.2, 0.25) is 0 Å². The summed E-state index contributed by atoms with van der Waals surface area (Å²) < 4.78 is 66.0. The summed E-state index contributed by atoms with van der Waals surface area (Å²) in [5.74, 6) is -1.07. The van der Waals surface area contributed by atoms with Crippen molar-refractivity contribution in [2.45, 2.75) is 49.6 Å². The first-order valence-corrected chi connectivity index (χ1v) is 17.3. The third-order valence-corrected chi connectivity index (χ3v) is 11.5. The number of morpholine rings is 1. The molecule has 2 bridgehead atoms. The number of pyridine rings is 1. The van der Waals surface area contributed by atoms with Crippen LogP contribution in [0.15, 0.2) is 16.9 Å². The van der Waals surface area contributed by atoms with Gasteiger partial charge in [-0.25, -0.2) is 18.2 Å². The molecule has 3 aromatic heterocycles. The van der Waals surface area contributed by atoms with E-state index in [1.54, 1.807) is 0 Å². The molecule has 0 radical (unpaired) electrons. The predicted octanol–water partition coefficient (Wildman–Crippen LogP) is 2.71. The summed E-state index contributed by atoms with van der Waals surface area (Å²) in [6, 6.07) is 2.23. The van der Waals surface area contributed by atoms with E-state index in [1.807, 2.05) is 4.90 Å². The van der Waals surface area contributed by atoms with E-state index in [1.165, 1.54) is 16.7 Å². The van der Waals surface area contributed by atoms with Crippen LogP contribution < -0.4 is 26.2 Å². The van der Waals surface area contributed by atoms with E-state index in [-0.39, 0.29) is 80.5 Å². The van der Waals surface area contributed by atoms with Gasteiger partial charge in [-0.3, -0.25) is 9.69 Å². The summed E-state index contributed by atoms with van der Waals surface area (Å²) in [5.41, 5.74) is 5.14. The first kappa shape index (κ1) is 30.5. The minimum Gasteiger partial charge on any atom is -0.461 e. The molecule has 12 nitrogen and oxygen atoms in total. The van der Waals surface area contributed by atoms with Crippen LogP contribution in [0, 0.1) is 17.6 Å². The highest BCUT2D eigenvalue weighted by Gasteiger charge is 2.49. The van der Waals surface area contributed by atoms with Crippen LogP contribution >= 0.6 is 11.3 Å². The second-order valence-electron chi connectivity index (χ2n) is 13.6. The molecule has 0 saturated carbocycles. The minimum atomic E-state index is -0.950. The number of hydrogen-bond acceptors (Lipinski definition) is 12. The van der Waals surface area contributed by atoms with Crippen LogP contribution in [0.5, 0.6) is 6.01 Å². The number of ether oxygens (including phenoxy) is 3. The molecule has 254 valence electrons. The van der Waals surface area contributed by atoms with Gasteiger partial charge in [0.05, 0.1) is 60.0 Å². The molecule has 0 aliphatic carbocycles. The fraction of sp³-hybridized carbons (Fsp3) is 0.562. The number of fused-ring (bicyclic) bond motifs is 5. The third kappa shape index (κ3) is 4.78. The van der Waals surface area contributed by atoms with Crippen molar-refractivity contribution in [2.24, 2.45) is 5.92 Å². The first-order valence-electron chi connectivity index (χ1n) is 16.4. The number of alkyl halides is 1. The summed E-state index contributed by atoms with van der Waals surface area (Å²) in [7, 11) is 0. The van der Waals surface area contributed by atoms with Crippen LogP contribution in [-0.4, -0.2) is 107 Å². The molecule has 5 saturated heterocycles. The van der Waals surface area contributed by atoms with Crippen molar-refractivity contribution in [1.82, 2.24) is 29.7 Å². The van der Waals surface area contributed by atoms with Crippen molar-refractivity contribution in [3.05, 3.63) is 34.1 Å². The number of thiazole rings is 1. The molecule has 5 aliphatic heterocycles. The average molecular weight is 685 g/mol. The summed E-state index contributed by atoms with van der Waals surface area (Å²) in [5, 5.41) is 3.57. The Balaban J connectivity index is 1.27. The molecule has 5 aliphatic rings. The van der Waals surface area contributed by atoms with E-state index >= 15 is 4.39 Å². The number of rotatable bonds is 7. The molecule has 5 fully saturated rings. The zero-order valence-electron chi connectivity index (χ0n) is 26.1. The van der Waals surface area contributed by atoms with Gasteiger partial charge >= 0.3 is 6.01 Å². The largest absolute Gasteiger partial charge is 0.461 e. The second-order valence-corrected chi connectivity index (χ2v) is 14.7. The Kier molecular flexibility index (Phi) is 7.31. The molecule has 0 spiro atoms. The van der Waals surface area contributed by atoms with E-state index in [2.05, 4.69) is 20.2 Å². The number of hydrogen-bond donors (Lipinski definition) is 2. The average Bonchev–Trinajstić information content (AvgIpc) is 3.71. The Morgan fingerprint density at radius 3 is 2.65 bits per heavy atom. The quantitative estimate of drug-likeness (QED) is 0.298.